The predicted octanol–water partition coefficient (Wildman–Crippen LogP) is 8.45. The molecule has 9 heteroatoms. The molecule has 0 rings (SSSR count). The number of unbranched alkanes of at least 4 members (excludes halogenated alkanes) is 13. The molecule has 0 radical (unpaired) electrons. The Hall–Kier alpha value is -0.110. The van der Waals surface area contributed by atoms with Crippen LogP contribution in [0.15, 0.2) is 0 Å². The van der Waals surface area contributed by atoms with E-state index in [-0.39, 0.29) is 11.9 Å². The average Bonchev–Trinajstić information content (AvgIpc) is 2.84. The molecule has 7 nitrogen and oxygen atoms in total. The number of carbonyl (C=O) groups is 1. The van der Waals surface area contributed by atoms with Gasteiger partial charge in [0.25, 0.3) is 0 Å². The number of rotatable bonds is 25. The van der Waals surface area contributed by atoms with Gasteiger partial charge in [0.1, 0.15) is 17.1 Å². The first-order valence-electron chi connectivity index (χ1n) is 14.0. The monoisotopic (exact) mass is 540 g/mol. The minimum Gasteiger partial charge on any atom is -0.616 e. The molecule has 0 amide bonds. The second kappa shape index (κ2) is 23.0. The van der Waals surface area contributed by atoms with Gasteiger partial charge in [0.2, 0.25) is 0 Å². The minimum absolute atomic E-state index is 0.0259. The minimum atomic E-state index is -4.55. The van der Waals surface area contributed by atoms with Gasteiger partial charge in [-0.1, -0.05) is 97.8 Å². The molecule has 0 aromatic carbocycles. The Labute approximate surface area is 218 Å². The fraction of sp³-hybridized carbons (Fsp3) is 0.962. The van der Waals surface area contributed by atoms with Crippen molar-refractivity contribution in [2.24, 2.45) is 0 Å². The molecule has 4 unspecified atom stereocenters. The van der Waals surface area contributed by atoms with Gasteiger partial charge in [-0.25, -0.2) is 9.36 Å². The summed E-state index contributed by atoms with van der Waals surface area (Å²) in [6.45, 7) is 7.85. The van der Waals surface area contributed by atoms with Gasteiger partial charge >= 0.3 is 13.3 Å². The molecule has 0 aliphatic heterocycles. The molecule has 0 saturated heterocycles. The molecule has 0 aromatic heterocycles. The summed E-state index contributed by atoms with van der Waals surface area (Å²) < 4.78 is 29.7. The van der Waals surface area contributed by atoms with Gasteiger partial charge < -0.3 is 14.0 Å². The van der Waals surface area contributed by atoms with E-state index >= 15 is 0 Å². The summed E-state index contributed by atoms with van der Waals surface area (Å²) in [5, 5.41) is -0.294. The summed E-state index contributed by atoms with van der Waals surface area (Å²) in [5.41, 5.74) is -1.43. The van der Waals surface area contributed by atoms with Crippen LogP contribution in [0.3, 0.4) is 0 Å². The highest BCUT2D eigenvalue weighted by atomic mass is 32.2. The van der Waals surface area contributed by atoms with Gasteiger partial charge in [0.15, 0.2) is 0 Å². The molecule has 0 fully saturated rings. The predicted molar refractivity (Wildman–Crippen MR) is 145 cm³/mol. The van der Waals surface area contributed by atoms with Crippen molar-refractivity contribution in [3.63, 3.8) is 0 Å². The third kappa shape index (κ3) is 18.7. The highest BCUT2D eigenvalue weighted by Gasteiger charge is 2.36. The highest BCUT2D eigenvalue weighted by molar-refractivity contribution is 7.92. The molecule has 0 spiro atoms. The van der Waals surface area contributed by atoms with Crippen LogP contribution >= 0.6 is 7.60 Å². The van der Waals surface area contributed by atoms with Gasteiger partial charge in [0, 0.05) is 0 Å². The molecule has 0 saturated carbocycles. The molecule has 0 aliphatic carbocycles. The van der Waals surface area contributed by atoms with E-state index in [1.54, 1.807) is 13.8 Å². The normalized spacial score (nSPS) is 15.9. The third-order valence-electron chi connectivity index (χ3n) is 6.12. The Bertz CT molecular complexity index is 550. The van der Waals surface area contributed by atoms with Crippen LogP contribution in [0.25, 0.3) is 0 Å². The lowest BCUT2D eigenvalue weighted by Gasteiger charge is -2.26. The van der Waals surface area contributed by atoms with E-state index in [1.165, 1.54) is 64.2 Å². The Morgan fingerprint density at radius 1 is 0.829 bits per heavy atom. The smallest absolute Gasteiger partial charge is 0.452 e. The molecule has 0 heterocycles. The molecular formula is C26H53O7PS. The van der Waals surface area contributed by atoms with Gasteiger partial charge in [0.05, 0.1) is 6.61 Å². The fourth-order valence-corrected chi connectivity index (χ4v) is 6.27. The summed E-state index contributed by atoms with van der Waals surface area (Å²) >= 11 is -1.13. The fourth-order valence-electron chi connectivity index (χ4n) is 3.91. The standard InChI is InChI=1S/C26H53O7PS/c1-5-8-10-12-14-15-16-18-20-23-35(30)25(21-19-17-13-11-9-6-2)24(4)32-33-26(27)34(28,29)31-22-7-3/h24-25H,5-23H2,1-4H3,(H,28,29). The largest absolute Gasteiger partial charge is 0.616 e. The first kappa shape index (κ1) is 34.9. The Balaban J connectivity index is 4.57. The summed E-state index contributed by atoms with van der Waals surface area (Å²) in [5.74, 6) is 0.593. The first-order valence-corrected chi connectivity index (χ1v) is 17.0. The zero-order valence-electron chi connectivity index (χ0n) is 22.8. The van der Waals surface area contributed by atoms with Crippen LogP contribution in [0.2, 0.25) is 0 Å². The van der Waals surface area contributed by atoms with E-state index in [1.807, 2.05) is 0 Å². The number of hydrogen-bond acceptors (Lipinski definition) is 6. The quantitative estimate of drug-likeness (QED) is 0.0407. The first-order chi connectivity index (χ1) is 16.8. The summed E-state index contributed by atoms with van der Waals surface area (Å²) in [4.78, 5) is 31.4. The van der Waals surface area contributed by atoms with Crippen LogP contribution in [0.4, 0.5) is 4.79 Å². The van der Waals surface area contributed by atoms with E-state index in [0.717, 1.165) is 32.1 Å². The van der Waals surface area contributed by atoms with Crippen molar-refractivity contribution in [1.82, 2.24) is 0 Å². The summed E-state index contributed by atoms with van der Waals surface area (Å²) in [6, 6.07) is 0. The average molecular weight is 541 g/mol. The van der Waals surface area contributed by atoms with Gasteiger partial charge in [-0.2, -0.15) is 4.89 Å². The summed E-state index contributed by atoms with van der Waals surface area (Å²) in [6.07, 6.45) is 18.2. The van der Waals surface area contributed by atoms with Crippen molar-refractivity contribution >= 4 is 24.5 Å². The van der Waals surface area contributed by atoms with E-state index in [4.69, 9.17) is 9.41 Å². The maximum atomic E-state index is 13.1. The zero-order chi connectivity index (χ0) is 26.4. The molecule has 0 bridgehead atoms. The second-order valence-electron chi connectivity index (χ2n) is 9.51. The molecule has 0 aliphatic rings. The van der Waals surface area contributed by atoms with Gasteiger partial charge in [-0.05, 0) is 50.2 Å². The van der Waals surface area contributed by atoms with E-state index in [0.29, 0.717) is 18.6 Å². The van der Waals surface area contributed by atoms with Crippen molar-refractivity contribution in [3.8, 4) is 0 Å². The van der Waals surface area contributed by atoms with E-state index < -0.39 is 30.6 Å². The number of carbonyl (C=O) groups excluding carboxylic acids is 1. The van der Waals surface area contributed by atoms with Crippen molar-refractivity contribution in [2.75, 3.05) is 12.4 Å². The lowest BCUT2D eigenvalue weighted by molar-refractivity contribution is -0.262. The van der Waals surface area contributed by atoms with E-state index in [2.05, 4.69) is 18.7 Å². The van der Waals surface area contributed by atoms with Crippen molar-refractivity contribution < 1.29 is 33.1 Å². The van der Waals surface area contributed by atoms with Crippen molar-refractivity contribution in [3.05, 3.63) is 0 Å². The van der Waals surface area contributed by atoms with Crippen LogP contribution in [0.1, 0.15) is 137 Å². The molecular weight excluding hydrogens is 487 g/mol. The lowest BCUT2D eigenvalue weighted by atomic mass is 10.1. The summed E-state index contributed by atoms with van der Waals surface area (Å²) in [7, 11) is -4.55. The van der Waals surface area contributed by atoms with Crippen LogP contribution in [-0.4, -0.2) is 38.9 Å². The molecule has 35 heavy (non-hydrogen) atoms. The van der Waals surface area contributed by atoms with Crippen LogP contribution in [0, 0.1) is 0 Å². The second-order valence-corrected chi connectivity index (χ2v) is 13.0. The lowest BCUT2D eigenvalue weighted by Crippen LogP contribution is -2.36. The molecule has 1 N–H and O–H groups in total. The third-order valence-corrected chi connectivity index (χ3v) is 9.18. The molecule has 210 valence electrons. The van der Waals surface area contributed by atoms with Crippen LogP contribution < -0.4 is 0 Å². The Kier molecular flexibility index (Phi) is 23.0. The number of hydrogen-bond donors (Lipinski definition) is 1. The zero-order valence-corrected chi connectivity index (χ0v) is 24.6. The SMILES string of the molecule is CCCCCCCCCCC[S+]([O-])C(CCCCCCCC)C(C)OOC(=O)P(=O)(O)OCCC. The van der Waals surface area contributed by atoms with Crippen molar-refractivity contribution in [1.29, 1.82) is 0 Å². The van der Waals surface area contributed by atoms with Gasteiger partial charge in [-0.15, -0.1) is 0 Å². The highest BCUT2D eigenvalue weighted by Crippen LogP contribution is 2.44. The Morgan fingerprint density at radius 2 is 1.31 bits per heavy atom. The van der Waals surface area contributed by atoms with Crippen molar-refractivity contribution in [2.45, 2.75) is 148 Å². The van der Waals surface area contributed by atoms with E-state index in [9.17, 15) is 18.8 Å². The Morgan fingerprint density at radius 3 is 1.83 bits per heavy atom. The van der Waals surface area contributed by atoms with Crippen LogP contribution in [-0.2, 0) is 30.0 Å². The topological polar surface area (TPSA) is 105 Å². The maximum absolute atomic E-state index is 13.1. The van der Waals surface area contributed by atoms with Crippen LogP contribution in [0.5, 0.6) is 0 Å². The maximum Gasteiger partial charge on any atom is 0.452 e. The molecule has 0 aromatic rings. The molecule has 4 atom stereocenters. The van der Waals surface area contributed by atoms with Gasteiger partial charge in [-0.3, -0.25) is 4.89 Å².